The molecule has 2 rings (SSSR count). The first-order chi connectivity index (χ1) is 10.4. The molecule has 0 aliphatic carbocycles. The van der Waals surface area contributed by atoms with Crippen LogP contribution in [0.2, 0.25) is 0 Å². The van der Waals surface area contributed by atoms with Crippen molar-refractivity contribution >= 4 is 16.7 Å². The van der Waals surface area contributed by atoms with E-state index in [1.165, 1.54) is 11.6 Å². The molecule has 0 spiro atoms. The van der Waals surface area contributed by atoms with Crippen molar-refractivity contribution in [3.8, 4) is 0 Å². The second-order valence-corrected chi connectivity index (χ2v) is 5.42. The highest BCUT2D eigenvalue weighted by atomic mass is 16.5. The van der Waals surface area contributed by atoms with Crippen molar-refractivity contribution in [1.82, 2.24) is 14.1 Å². The number of rotatable bonds is 5. The molecule has 0 bridgehead atoms. The van der Waals surface area contributed by atoms with E-state index in [2.05, 4.69) is 10.3 Å². The number of nitrogens with one attached hydrogen (secondary N) is 1. The Morgan fingerprint density at radius 1 is 1.32 bits per heavy atom. The van der Waals surface area contributed by atoms with Crippen LogP contribution in [0.4, 0.5) is 5.69 Å². The Morgan fingerprint density at radius 3 is 2.59 bits per heavy atom. The molecule has 1 atom stereocenters. The summed E-state index contributed by atoms with van der Waals surface area (Å²) < 4.78 is 7.64. The number of pyridine rings is 1. The highest BCUT2D eigenvalue weighted by Gasteiger charge is 2.17. The van der Waals surface area contributed by atoms with Crippen LogP contribution in [0.15, 0.2) is 15.8 Å². The molecule has 120 valence electrons. The van der Waals surface area contributed by atoms with Crippen LogP contribution in [0.1, 0.15) is 19.4 Å². The summed E-state index contributed by atoms with van der Waals surface area (Å²) in [4.78, 5) is 28.9. The lowest BCUT2D eigenvalue weighted by molar-refractivity contribution is 0.190. The Labute approximate surface area is 128 Å². The Bertz CT molecular complexity index is 807. The average molecular weight is 306 g/mol. The molecule has 2 aromatic heterocycles. The molecule has 0 aliphatic rings. The van der Waals surface area contributed by atoms with Crippen LogP contribution in [-0.2, 0) is 25.3 Å². The lowest BCUT2D eigenvalue weighted by Crippen LogP contribution is -2.38. The van der Waals surface area contributed by atoms with E-state index in [1.807, 2.05) is 13.8 Å². The zero-order valence-electron chi connectivity index (χ0n) is 13.6. The SMILES string of the molecule is CCc1cnc2c(c1N[C@H](C)COC)c(=O)n(C)c(=O)n2C. The van der Waals surface area contributed by atoms with Gasteiger partial charge in [0.1, 0.15) is 5.39 Å². The average Bonchev–Trinajstić information content (AvgIpc) is 2.50. The third kappa shape index (κ3) is 2.64. The molecule has 1 N–H and O–H groups in total. The number of fused-ring (bicyclic) bond motifs is 1. The van der Waals surface area contributed by atoms with E-state index >= 15 is 0 Å². The zero-order chi connectivity index (χ0) is 16.4. The molecule has 0 aliphatic heterocycles. The largest absolute Gasteiger partial charge is 0.383 e. The second kappa shape index (κ2) is 6.31. The van der Waals surface area contributed by atoms with Crippen LogP contribution >= 0.6 is 0 Å². The van der Waals surface area contributed by atoms with Gasteiger partial charge in [0.05, 0.1) is 12.3 Å². The number of methoxy groups -OCH3 is 1. The van der Waals surface area contributed by atoms with Crippen LogP contribution in [0.5, 0.6) is 0 Å². The van der Waals surface area contributed by atoms with Gasteiger partial charge in [0.2, 0.25) is 0 Å². The van der Waals surface area contributed by atoms with Crippen molar-refractivity contribution in [2.75, 3.05) is 19.0 Å². The van der Waals surface area contributed by atoms with Gasteiger partial charge in [-0.25, -0.2) is 9.78 Å². The summed E-state index contributed by atoms with van der Waals surface area (Å²) in [7, 11) is 4.72. The molecular formula is C15H22N4O3. The van der Waals surface area contributed by atoms with Crippen LogP contribution in [0.3, 0.4) is 0 Å². The van der Waals surface area contributed by atoms with Crippen molar-refractivity contribution in [3.05, 3.63) is 32.6 Å². The molecule has 0 unspecified atom stereocenters. The Hall–Kier alpha value is -2.15. The van der Waals surface area contributed by atoms with Crippen molar-refractivity contribution in [2.24, 2.45) is 14.1 Å². The summed E-state index contributed by atoms with van der Waals surface area (Å²) in [5.74, 6) is 0. The summed E-state index contributed by atoms with van der Waals surface area (Å²) >= 11 is 0. The smallest absolute Gasteiger partial charge is 0.332 e. The summed E-state index contributed by atoms with van der Waals surface area (Å²) in [5.41, 5.74) is 1.33. The van der Waals surface area contributed by atoms with Gasteiger partial charge in [0.25, 0.3) is 5.56 Å². The molecule has 7 heteroatoms. The number of hydrogen-bond donors (Lipinski definition) is 1. The van der Waals surface area contributed by atoms with Crippen LogP contribution in [0.25, 0.3) is 11.0 Å². The molecule has 0 radical (unpaired) electrons. The van der Waals surface area contributed by atoms with Crippen LogP contribution in [-0.4, -0.2) is 33.9 Å². The lowest BCUT2D eigenvalue weighted by atomic mass is 10.1. The van der Waals surface area contributed by atoms with E-state index < -0.39 is 0 Å². The number of anilines is 1. The van der Waals surface area contributed by atoms with Gasteiger partial charge in [-0.3, -0.25) is 13.9 Å². The first kappa shape index (κ1) is 16.2. The maximum Gasteiger partial charge on any atom is 0.332 e. The molecule has 2 heterocycles. The summed E-state index contributed by atoms with van der Waals surface area (Å²) in [5, 5.41) is 3.76. The van der Waals surface area contributed by atoms with Gasteiger partial charge in [-0.2, -0.15) is 0 Å². The van der Waals surface area contributed by atoms with Gasteiger partial charge in [-0.05, 0) is 18.9 Å². The van der Waals surface area contributed by atoms with Gasteiger partial charge < -0.3 is 10.1 Å². The van der Waals surface area contributed by atoms with E-state index in [0.29, 0.717) is 17.6 Å². The summed E-state index contributed by atoms with van der Waals surface area (Å²) in [6.45, 7) is 4.49. The number of hydrogen-bond acceptors (Lipinski definition) is 5. The molecule has 2 aromatic rings. The van der Waals surface area contributed by atoms with Gasteiger partial charge >= 0.3 is 5.69 Å². The normalized spacial score (nSPS) is 12.6. The van der Waals surface area contributed by atoms with Gasteiger partial charge in [-0.1, -0.05) is 6.92 Å². The highest BCUT2D eigenvalue weighted by Crippen LogP contribution is 2.23. The van der Waals surface area contributed by atoms with Gasteiger partial charge in [0, 0.05) is 33.4 Å². The topological polar surface area (TPSA) is 78.2 Å². The second-order valence-electron chi connectivity index (χ2n) is 5.42. The summed E-state index contributed by atoms with van der Waals surface area (Å²) in [6.07, 6.45) is 2.44. The molecule has 0 aromatic carbocycles. The van der Waals surface area contributed by atoms with Crippen molar-refractivity contribution in [1.29, 1.82) is 0 Å². The Morgan fingerprint density at radius 2 is 2.00 bits per heavy atom. The number of aromatic nitrogens is 3. The van der Waals surface area contributed by atoms with E-state index in [9.17, 15) is 9.59 Å². The molecule has 0 saturated carbocycles. The third-order valence-electron chi connectivity index (χ3n) is 3.74. The molecular weight excluding hydrogens is 284 g/mol. The predicted octanol–water partition coefficient (Wildman–Crippen LogP) is 0.641. The van der Waals surface area contributed by atoms with Crippen molar-refractivity contribution < 1.29 is 4.74 Å². The monoisotopic (exact) mass is 306 g/mol. The molecule has 0 amide bonds. The van der Waals surface area contributed by atoms with Crippen molar-refractivity contribution in [2.45, 2.75) is 26.3 Å². The molecule has 0 saturated heterocycles. The van der Waals surface area contributed by atoms with E-state index in [-0.39, 0.29) is 17.3 Å². The van der Waals surface area contributed by atoms with Crippen LogP contribution < -0.4 is 16.6 Å². The number of ether oxygens (including phenoxy) is 1. The summed E-state index contributed by atoms with van der Waals surface area (Å²) in [6, 6.07) is 0.0304. The third-order valence-corrected chi connectivity index (χ3v) is 3.74. The fourth-order valence-electron chi connectivity index (χ4n) is 2.54. The minimum atomic E-state index is -0.384. The molecule has 0 fully saturated rings. The predicted molar refractivity (Wildman–Crippen MR) is 86.6 cm³/mol. The standard InChI is InChI=1S/C15H22N4O3/c1-6-10-7-16-13-11(12(10)17-9(2)8-22-5)14(20)19(4)15(21)18(13)3/h7,9H,6,8H2,1-5H3,(H,16,17)/t9-/m1/s1. The van der Waals surface area contributed by atoms with Crippen molar-refractivity contribution in [3.63, 3.8) is 0 Å². The number of nitrogens with zero attached hydrogens (tertiary/aromatic N) is 3. The molecule has 7 nitrogen and oxygen atoms in total. The Kier molecular flexibility index (Phi) is 4.65. The first-order valence-electron chi connectivity index (χ1n) is 7.25. The Balaban J connectivity index is 2.81. The zero-order valence-corrected chi connectivity index (χ0v) is 13.6. The minimum Gasteiger partial charge on any atom is -0.383 e. The molecule has 22 heavy (non-hydrogen) atoms. The fraction of sp³-hybridized carbons (Fsp3) is 0.533. The lowest BCUT2D eigenvalue weighted by Gasteiger charge is -2.19. The van der Waals surface area contributed by atoms with Gasteiger partial charge in [-0.15, -0.1) is 0 Å². The first-order valence-corrected chi connectivity index (χ1v) is 7.25. The number of aryl methyl sites for hydroxylation is 2. The minimum absolute atomic E-state index is 0.0304. The van der Waals surface area contributed by atoms with E-state index in [4.69, 9.17) is 4.74 Å². The van der Waals surface area contributed by atoms with E-state index in [1.54, 1.807) is 20.4 Å². The van der Waals surface area contributed by atoms with Gasteiger partial charge in [0.15, 0.2) is 5.65 Å². The highest BCUT2D eigenvalue weighted by molar-refractivity contribution is 5.90. The fourth-order valence-corrected chi connectivity index (χ4v) is 2.54. The van der Waals surface area contributed by atoms with Crippen LogP contribution in [0, 0.1) is 0 Å². The van der Waals surface area contributed by atoms with E-state index in [0.717, 1.165) is 22.2 Å². The quantitative estimate of drug-likeness (QED) is 0.877. The maximum atomic E-state index is 12.6. The maximum absolute atomic E-state index is 12.6.